The van der Waals surface area contributed by atoms with Crippen molar-refractivity contribution in [3.05, 3.63) is 0 Å². The summed E-state index contributed by atoms with van der Waals surface area (Å²) in [5.41, 5.74) is 0. The van der Waals surface area contributed by atoms with Crippen molar-refractivity contribution in [1.29, 1.82) is 0 Å². The maximum absolute atomic E-state index is 11.7. The number of aldehydes is 1. The second-order valence-electron chi connectivity index (χ2n) is 5.23. The highest BCUT2D eigenvalue weighted by atomic mass is 16.3. The van der Waals surface area contributed by atoms with Gasteiger partial charge in [0.1, 0.15) is 12.4 Å². The van der Waals surface area contributed by atoms with E-state index in [9.17, 15) is 24.6 Å². The molecule has 22 heavy (non-hydrogen) atoms. The molecule has 0 aliphatic heterocycles. The van der Waals surface area contributed by atoms with Gasteiger partial charge in [-0.2, -0.15) is 0 Å². The number of rotatable bonds is 11. The number of aliphatic hydroxyl groups is 3. The lowest BCUT2D eigenvalue weighted by atomic mass is 9.89. The summed E-state index contributed by atoms with van der Waals surface area (Å²) in [6.45, 7) is 1.40. The Morgan fingerprint density at radius 3 is 2.36 bits per heavy atom. The van der Waals surface area contributed by atoms with Gasteiger partial charge in [0.05, 0.1) is 12.0 Å². The van der Waals surface area contributed by atoms with Crippen LogP contribution in [0, 0.1) is 11.8 Å². The first-order valence-corrected chi connectivity index (χ1v) is 7.29. The van der Waals surface area contributed by atoms with Crippen LogP contribution in [0.4, 0.5) is 0 Å². The van der Waals surface area contributed by atoms with Crippen LogP contribution in [-0.4, -0.2) is 65.8 Å². The van der Waals surface area contributed by atoms with Gasteiger partial charge in [0.2, 0.25) is 11.8 Å². The van der Waals surface area contributed by atoms with Crippen LogP contribution in [0.3, 0.4) is 0 Å². The van der Waals surface area contributed by atoms with Gasteiger partial charge in [0, 0.05) is 32.5 Å². The lowest BCUT2D eigenvalue weighted by Crippen LogP contribution is -2.46. The third-order valence-corrected chi connectivity index (χ3v) is 3.46. The number of nitrogens with one attached hydrogen (secondary N) is 2. The van der Waals surface area contributed by atoms with Crippen molar-refractivity contribution >= 4 is 18.1 Å². The molecule has 0 aromatic carbocycles. The summed E-state index contributed by atoms with van der Waals surface area (Å²) in [6.07, 6.45) is -1.20. The van der Waals surface area contributed by atoms with E-state index in [0.717, 1.165) is 0 Å². The molecular weight excluding hydrogens is 292 g/mol. The quantitative estimate of drug-likeness (QED) is 0.225. The van der Waals surface area contributed by atoms with Gasteiger partial charge in [0.15, 0.2) is 0 Å². The molecule has 0 aromatic rings. The van der Waals surface area contributed by atoms with E-state index in [0.29, 0.717) is 25.5 Å². The van der Waals surface area contributed by atoms with Crippen LogP contribution in [0.1, 0.15) is 26.2 Å². The molecule has 0 spiro atoms. The first-order valence-electron chi connectivity index (χ1n) is 7.29. The SMILES string of the molecule is CNC(=O)CCCCNC(=O)C(O)C(C=O)C(O)C(C)CO. The average molecular weight is 318 g/mol. The second-order valence-corrected chi connectivity index (χ2v) is 5.23. The minimum atomic E-state index is -1.68. The zero-order chi connectivity index (χ0) is 17.1. The fraction of sp³-hybridized carbons (Fsp3) is 0.786. The van der Waals surface area contributed by atoms with Crippen molar-refractivity contribution < 1.29 is 29.7 Å². The highest BCUT2D eigenvalue weighted by Gasteiger charge is 2.34. The Bertz CT molecular complexity index is 363. The highest BCUT2D eigenvalue weighted by Crippen LogP contribution is 2.15. The van der Waals surface area contributed by atoms with E-state index in [4.69, 9.17) is 5.11 Å². The summed E-state index contributed by atoms with van der Waals surface area (Å²) in [6, 6.07) is 0. The smallest absolute Gasteiger partial charge is 0.249 e. The van der Waals surface area contributed by atoms with Gasteiger partial charge >= 0.3 is 0 Å². The Hall–Kier alpha value is -1.51. The van der Waals surface area contributed by atoms with Gasteiger partial charge < -0.3 is 30.7 Å². The predicted octanol–water partition coefficient (Wildman–Crippen LogP) is -1.82. The number of hydrogen-bond donors (Lipinski definition) is 5. The van der Waals surface area contributed by atoms with Gasteiger partial charge in [-0.1, -0.05) is 6.92 Å². The Morgan fingerprint density at radius 1 is 1.23 bits per heavy atom. The zero-order valence-electron chi connectivity index (χ0n) is 13.0. The van der Waals surface area contributed by atoms with Crippen molar-refractivity contribution in [3.8, 4) is 0 Å². The van der Waals surface area contributed by atoms with E-state index in [1.165, 1.54) is 6.92 Å². The van der Waals surface area contributed by atoms with Gasteiger partial charge in [-0.15, -0.1) is 0 Å². The number of carbonyl (C=O) groups is 3. The summed E-state index contributed by atoms with van der Waals surface area (Å²) in [5.74, 6) is -2.78. The Labute approximate surface area is 129 Å². The minimum Gasteiger partial charge on any atom is -0.396 e. The molecule has 5 N–H and O–H groups in total. The van der Waals surface area contributed by atoms with Crippen molar-refractivity contribution in [3.63, 3.8) is 0 Å². The largest absolute Gasteiger partial charge is 0.396 e. The van der Waals surface area contributed by atoms with Gasteiger partial charge in [-0.05, 0) is 12.8 Å². The number of unbranched alkanes of at least 4 members (excludes halogenated alkanes) is 1. The van der Waals surface area contributed by atoms with Crippen molar-refractivity contribution in [2.75, 3.05) is 20.2 Å². The summed E-state index contributed by atoms with van der Waals surface area (Å²) in [4.78, 5) is 33.7. The molecule has 0 radical (unpaired) electrons. The molecule has 4 atom stereocenters. The van der Waals surface area contributed by atoms with Crippen LogP contribution in [0.5, 0.6) is 0 Å². The van der Waals surface area contributed by atoms with Crippen LogP contribution in [0.25, 0.3) is 0 Å². The molecule has 0 saturated heterocycles. The molecule has 0 bridgehead atoms. The van der Waals surface area contributed by atoms with E-state index in [1.807, 2.05) is 0 Å². The van der Waals surface area contributed by atoms with E-state index >= 15 is 0 Å². The molecule has 0 aromatic heterocycles. The average Bonchev–Trinajstić information content (AvgIpc) is 2.53. The van der Waals surface area contributed by atoms with Gasteiger partial charge in [-0.3, -0.25) is 9.59 Å². The van der Waals surface area contributed by atoms with Crippen LogP contribution >= 0.6 is 0 Å². The fourth-order valence-corrected chi connectivity index (χ4v) is 1.86. The molecule has 8 nitrogen and oxygen atoms in total. The lowest BCUT2D eigenvalue weighted by Gasteiger charge is -2.25. The Kier molecular flexibility index (Phi) is 10.3. The molecule has 0 aliphatic carbocycles. The van der Waals surface area contributed by atoms with Crippen LogP contribution < -0.4 is 10.6 Å². The van der Waals surface area contributed by atoms with E-state index in [1.54, 1.807) is 7.05 Å². The first-order chi connectivity index (χ1) is 10.4. The highest BCUT2D eigenvalue weighted by molar-refractivity contribution is 5.84. The topological polar surface area (TPSA) is 136 Å². The van der Waals surface area contributed by atoms with Crippen LogP contribution in [0.15, 0.2) is 0 Å². The maximum Gasteiger partial charge on any atom is 0.249 e. The molecule has 2 amide bonds. The van der Waals surface area contributed by atoms with Gasteiger partial charge in [-0.25, -0.2) is 0 Å². The van der Waals surface area contributed by atoms with Gasteiger partial charge in [0.25, 0.3) is 0 Å². The molecule has 0 fully saturated rings. The fourth-order valence-electron chi connectivity index (χ4n) is 1.86. The normalized spacial score (nSPS) is 16.2. The number of aliphatic hydroxyl groups excluding tert-OH is 3. The predicted molar refractivity (Wildman–Crippen MR) is 78.7 cm³/mol. The van der Waals surface area contributed by atoms with Crippen molar-refractivity contribution in [1.82, 2.24) is 10.6 Å². The molecule has 0 aliphatic rings. The van der Waals surface area contributed by atoms with Crippen LogP contribution in [-0.2, 0) is 14.4 Å². The number of amides is 2. The summed E-state index contributed by atoms with van der Waals surface area (Å²) >= 11 is 0. The third kappa shape index (κ3) is 6.97. The first kappa shape index (κ1) is 20.5. The molecule has 128 valence electrons. The van der Waals surface area contributed by atoms with E-state index in [2.05, 4.69) is 10.6 Å². The lowest BCUT2D eigenvalue weighted by molar-refractivity contribution is -0.141. The van der Waals surface area contributed by atoms with Crippen molar-refractivity contribution in [2.24, 2.45) is 11.8 Å². The third-order valence-electron chi connectivity index (χ3n) is 3.46. The minimum absolute atomic E-state index is 0.0894. The zero-order valence-corrected chi connectivity index (χ0v) is 13.0. The molecule has 0 heterocycles. The molecular formula is C14H26N2O6. The standard InChI is InChI=1S/C14H26N2O6/c1-9(7-17)12(20)10(8-18)13(21)14(22)16-6-4-3-5-11(19)15-2/h8-10,12-13,17,20-21H,3-7H2,1-2H3,(H,15,19)(H,16,22). The summed E-state index contributed by atoms with van der Waals surface area (Å²) in [5, 5.41) is 33.5. The van der Waals surface area contributed by atoms with Crippen molar-refractivity contribution in [2.45, 2.75) is 38.4 Å². The summed E-state index contributed by atoms with van der Waals surface area (Å²) in [7, 11) is 1.54. The molecule has 0 saturated carbocycles. The number of hydrogen-bond acceptors (Lipinski definition) is 6. The maximum atomic E-state index is 11.7. The Balaban J connectivity index is 4.23. The van der Waals surface area contributed by atoms with Crippen LogP contribution in [0.2, 0.25) is 0 Å². The Morgan fingerprint density at radius 2 is 1.86 bits per heavy atom. The number of carbonyl (C=O) groups excluding carboxylic acids is 3. The van der Waals surface area contributed by atoms with E-state index in [-0.39, 0.29) is 19.1 Å². The molecule has 4 unspecified atom stereocenters. The molecule has 0 rings (SSSR count). The monoisotopic (exact) mass is 318 g/mol. The second kappa shape index (κ2) is 11.1. The molecule has 8 heteroatoms. The van der Waals surface area contributed by atoms with E-state index < -0.39 is 30.0 Å². The summed E-state index contributed by atoms with van der Waals surface area (Å²) < 4.78 is 0.